The fraction of sp³-hybridized carbons (Fsp3) is 0.188. The van der Waals surface area contributed by atoms with Crippen LogP contribution in [0.4, 0.5) is 10.1 Å². The van der Waals surface area contributed by atoms with Crippen LogP contribution in [0.3, 0.4) is 0 Å². The maximum Gasteiger partial charge on any atom is 0.258 e. The Bertz CT molecular complexity index is 656. The van der Waals surface area contributed by atoms with Crippen LogP contribution < -0.4 is 4.90 Å². The Morgan fingerprint density at radius 3 is 2.80 bits per heavy atom. The summed E-state index contributed by atoms with van der Waals surface area (Å²) in [6.07, 6.45) is -0.0688. The summed E-state index contributed by atoms with van der Waals surface area (Å²) < 4.78 is 13.2. The Morgan fingerprint density at radius 1 is 1.20 bits per heavy atom. The molecule has 1 atom stereocenters. The smallest absolute Gasteiger partial charge is 0.258 e. The zero-order valence-electron chi connectivity index (χ0n) is 10.8. The van der Waals surface area contributed by atoms with Gasteiger partial charge in [-0.15, -0.1) is 0 Å². The number of hydrogen-bond acceptors (Lipinski definition) is 2. The van der Waals surface area contributed by atoms with Crippen LogP contribution in [0.5, 0.6) is 0 Å². The third-order valence-corrected chi connectivity index (χ3v) is 3.53. The predicted molar refractivity (Wildman–Crippen MR) is 74.1 cm³/mol. The second kappa shape index (κ2) is 5.06. The molecule has 0 spiro atoms. The van der Waals surface area contributed by atoms with Crippen molar-refractivity contribution < 1.29 is 14.3 Å². The number of carbonyl (C=O) groups is 1. The molecule has 0 fully saturated rings. The maximum absolute atomic E-state index is 13.2. The van der Waals surface area contributed by atoms with E-state index in [1.165, 1.54) is 18.2 Å². The SMILES string of the molecule is O=C(c1cccc(F)c1)N1CCC(O)c2ccccc21. The second-order valence-electron chi connectivity index (χ2n) is 4.83. The molecule has 3 rings (SSSR count). The van der Waals surface area contributed by atoms with E-state index in [1.807, 2.05) is 18.2 Å². The van der Waals surface area contributed by atoms with Crippen molar-refractivity contribution >= 4 is 11.6 Å². The normalized spacial score (nSPS) is 17.7. The van der Waals surface area contributed by atoms with E-state index in [9.17, 15) is 14.3 Å². The standard InChI is InChI=1S/C16H14FNO2/c17-12-5-3-4-11(10-12)16(20)18-9-8-15(19)13-6-1-2-7-14(13)18/h1-7,10,15,19H,8-9H2. The molecule has 1 heterocycles. The van der Waals surface area contributed by atoms with Crippen LogP contribution >= 0.6 is 0 Å². The fourth-order valence-corrected chi connectivity index (χ4v) is 2.53. The zero-order valence-corrected chi connectivity index (χ0v) is 10.8. The van der Waals surface area contributed by atoms with Crippen molar-refractivity contribution in [1.29, 1.82) is 0 Å². The summed E-state index contributed by atoms with van der Waals surface area (Å²) >= 11 is 0. The third kappa shape index (κ3) is 2.18. The molecule has 0 radical (unpaired) electrons. The first-order valence-corrected chi connectivity index (χ1v) is 6.51. The van der Waals surface area contributed by atoms with Crippen LogP contribution in [0.15, 0.2) is 48.5 Å². The minimum Gasteiger partial charge on any atom is -0.388 e. The lowest BCUT2D eigenvalue weighted by molar-refractivity contribution is 0.0970. The van der Waals surface area contributed by atoms with Gasteiger partial charge in [-0.3, -0.25) is 4.79 Å². The highest BCUT2D eigenvalue weighted by atomic mass is 19.1. The summed E-state index contributed by atoms with van der Waals surface area (Å²) in [5, 5.41) is 9.98. The van der Waals surface area contributed by atoms with E-state index in [2.05, 4.69) is 0 Å². The Labute approximate surface area is 116 Å². The molecule has 1 N–H and O–H groups in total. The zero-order chi connectivity index (χ0) is 14.1. The van der Waals surface area contributed by atoms with Crippen LogP contribution in [0.2, 0.25) is 0 Å². The van der Waals surface area contributed by atoms with Gasteiger partial charge in [0.15, 0.2) is 0 Å². The van der Waals surface area contributed by atoms with Crippen LogP contribution in [0.25, 0.3) is 0 Å². The molecule has 0 saturated heterocycles. The molecule has 0 aliphatic carbocycles. The molecule has 4 heteroatoms. The molecule has 102 valence electrons. The van der Waals surface area contributed by atoms with E-state index in [-0.39, 0.29) is 5.91 Å². The molecule has 3 nitrogen and oxygen atoms in total. The van der Waals surface area contributed by atoms with Crippen molar-refractivity contribution in [3.05, 3.63) is 65.5 Å². The Balaban J connectivity index is 1.99. The number of aliphatic hydroxyl groups is 1. The Morgan fingerprint density at radius 2 is 2.00 bits per heavy atom. The van der Waals surface area contributed by atoms with Gasteiger partial charge in [-0.25, -0.2) is 4.39 Å². The molecule has 0 saturated carbocycles. The van der Waals surface area contributed by atoms with Crippen molar-refractivity contribution in [1.82, 2.24) is 0 Å². The first-order valence-electron chi connectivity index (χ1n) is 6.51. The highest BCUT2D eigenvalue weighted by Crippen LogP contribution is 2.34. The average molecular weight is 271 g/mol. The Kier molecular flexibility index (Phi) is 3.24. The minimum atomic E-state index is -0.553. The maximum atomic E-state index is 13.2. The topological polar surface area (TPSA) is 40.5 Å². The van der Waals surface area contributed by atoms with Crippen molar-refractivity contribution in [3.8, 4) is 0 Å². The van der Waals surface area contributed by atoms with Crippen molar-refractivity contribution in [2.24, 2.45) is 0 Å². The van der Waals surface area contributed by atoms with Crippen LogP contribution in [-0.4, -0.2) is 17.6 Å². The van der Waals surface area contributed by atoms with Gasteiger partial charge in [0.25, 0.3) is 5.91 Å². The van der Waals surface area contributed by atoms with Crippen molar-refractivity contribution in [2.75, 3.05) is 11.4 Å². The molecule has 1 aliphatic rings. The van der Waals surface area contributed by atoms with Gasteiger partial charge in [0, 0.05) is 23.4 Å². The molecule has 2 aromatic rings. The van der Waals surface area contributed by atoms with E-state index < -0.39 is 11.9 Å². The molecular formula is C16H14FNO2. The monoisotopic (exact) mass is 271 g/mol. The largest absolute Gasteiger partial charge is 0.388 e. The summed E-state index contributed by atoms with van der Waals surface area (Å²) in [4.78, 5) is 14.1. The second-order valence-corrected chi connectivity index (χ2v) is 4.83. The number of amides is 1. The van der Waals surface area contributed by atoms with Crippen molar-refractivity contribution in [3.63, 3.8) is 0 Å². The van der Waals surface area contributed by atoms with Gasteiger partial charge in [-0.1, -0.05) is 24.3 Å². The number of benzene rings is 2. The van der Waals surface area contributed by atoms with Gasteiger partial charge in [0.2, 0.25) is 0 Å². The highest BCUT2D eigenvalue weighted by molar-refractivity contribution is 6.06. The number of halogens is 1. The van der Waals surface area contributed by atoms with Crippen LogP contribution in [0.1, 0.15) is 28.4 Å². The van der Waals surface area contributed by atoms with E-state index in [0.717, 1.165) is 5.56 Å². The highest BCUT2D eigenvalue weighted by Gasteiger charge is 2.27. The van der Waals surface area contributed by atoms with Gasteiger partial charge < -0.3 is 10.0 Å². The lowest BCUT2D eigenvalue weighted by atomic mass is 9.98. The molecule has 1 aliphatic heterocycles. The van der Waals surface area contributed by atoms with Gasteiger partial charge in [0.1, 0.15) is 5.82 Å². The number of anilines is 1. The van der Waals surface area contributed by atoms with Gasteiger partial charge in [-0.05, 0) is 30.7 Å². The van der Waals surface area contributed by atoms with Gasteiger partial charge in [0.05, 0.1) is 6.10 Å². The van der Waals surface area contributed by atoms with Crippen molar-refractivity contribution in [2.45, 2.75) is 12.5 Å². The molecular weight excluding hydrogens is 257 g/mol. The quantitative estimate of drug-likeness (QED) is 0.866. The molecule has 2 aromatic carbocycles. The van der Waals surface area contributed by atoms with Gasteiger partial charge in [-0.2, -0.15) is 0 Å². The number of carbonyl (C=O) groups excluding carboxylic acids is 1. The minimum absolute atomic E-state index is 0.246. The summed E-state index contributed by atoms with van der Waals surface area (Å²) in [7, 11) is 0. The summed E-state index contributed by atoms with van der Waals surface area (Å²) in [6, 6.07) is 12.9. The van der Waals surface area contributed by atoms with Crippen LogP contribution in [-0.2, 0) is 0 Å². The average Bonchev–Trinajstić information content (AvgIpc) is 2.47. The molecule has 0 aromatic heterocycles. The van der Waals surface area contributed by atoms with E-state index in [4.69, 9.17) is 0 Å². The van der Waals surface area contributed by atoms with Crippen LogP contribution in [0, 0.1) is 5.82 Å². The number of fused-ring (bicyclic) bond motifs is 1. The van der Waals surface area contributed by atoms with E-state index in [0.29, 0.717) is 24.2 Å². The summed E-state index contributed by atoms with van der Waals surface area (Å²) in [5.41, 5.74) is 1.75. The number of nitrogens with zero attached hydrogens (tertiary/aromatic N) is 1. The lowest BCUT2D eigenvalue weighted by Gasteiger charge is -2.32. The van der Waals surface area contributed by atoms with E-state index in [1.54, 1.807) is 17.0 Å². The predicted octanol–water partition coefficient (Wildman–Crippen LogP) is 2.91. The summed E-state index contributed by atoms with van der Waals surface area (Å²) in [6.45, 7) is 0.424. The third-order valence-electron chi connectivity index (χ3n) is 3.53. The fourth-order valence-electron chi connectivity index (χ4n) is 2.53. The summed E-state index contributed by atoms with van der Waals surface area (Å²) in [5.74, 6) is -0.676. The molecule has 1 unspecified atom stereocenters. The number of para-hydroxylation sites is 1. The van der Waals surface area contributed by atoms with Gasteiger partial charge >= 0.3 is 0 Å². The molecule has 1 amide bonds. The lowest BCUT2D eigenvalue weighted by Crippen LogP contribution is -2.36. The number of hydrogen-bond donors (Lipinski definition) is 1. The van der Waals surface area contributed by atoms with E-state index >= 15 is 0 Å². The number of aliphatic hydroxyl groups excluding tert-OH is 1. The first-order chi connectivity index (χ1) is 9.66. The number of rotatable bonds is 1. The molecule has 0 bridgehead atoms. The first kappa shape index (κ1) is 12.8. The molecule has 20 heavy (non-hydrogen) atoms. The Hall–Kier alpha value is -2.20.